The average Bonchev–Trinajstić information content (AvgIpc) is 3.18. The Labute approximate surface area is 150 Å². The van der Waals surface area contributed by atoms with Crippen molar-refractivity contribution in [1.82, 2.24) is 25.2 Å². The van der Waals surface area contributed by atoms with E-state index in [9.17, 15) is 5.26 Å². The Hall–Kier alpha value is -3.85. The van der Waals surface area contributed by atoms with Crippen molar-refractivity contribution in [2.75, 3.05) is 0 Å². The Morgan fingerprint density at radius 2 is 1.77 bits per heavy atom. The van der Waals surface area contributed by atoms with E-state index in [1.165, 1.54) is 0 Å². The van der Waals surface area contributed by atoms with E-state index in [4.69, 9.17) is 0 Å². The van der Waals surface area contributed by atoms with Crippen LogP contribution >= 0.6 is 0 Å². The molecule has 0 aliphatic heterocycles. The van der Waals surface area contributed by atoms with E-state index in [-0.39, 0.29) is 0 Å². The molecule has 4 aromatic rings. The molecule has 6 heteroatoms. The SMILES string of the molecule is N#Cc1ccccc1-c1ccc(Cn2nnc(-c3cccnc3)n2)cc1. The van der Waals surface area contributed by atoms with Crippen molar-refractivity contribution in [1.29, 1.82) is 5.26 Å². The van der Waals surface area contributed by atoms with Crippen molar-refractivity contribution in [3.63, 3.8) is 0 Å². The Balaban J connectivity index is 1.54. The summed E-state index contributed by atoms with van der Waals surface area (Å²) in [5, 5.41) is 21.8. The lowest BCUT2D eigenvalue weighted by Gasteiger charge is -2.05. The van der Waals surface area contributed by atoms with Gasteiger partial charge >= 0.3 is 0 Å². The van der Waals surface area contributed by atoms with Gasteiger partial charge in [0.05, 0.1) is 18.2 Å². The van der Waals surface area contributed by atoms with E-state index in [2.05, 4.69) is 26.5 Å². The smallest absolute Gasteiger partial charge is 0.206 e. The molecule has 0 fully saturated rings. The van der Waals surface area contributed by atoms with Crippen molar-refractivity contribution in [3.8, 4) is 28.6 Å². The predicted octanol–water partition coefficient (Wildman–Crippen LogP) is 3.32. The van der Waals surface area contributed by atoms with Gasteiger partial charge in [0.2, 0.25) is 5.82 Å². The first-order valence-corrected chi connectivity index (χ1v) is 8.10. The Bertz CT molecular complexity index is 1060. The third-order valence-corrected chi connectivity index (χ3v) is 4.01. The van der Waals surface area contributed by atoms with Gasteiger partial charge in [-0.05, 0) is 40.1 Å². The minimum Gasteiger partial charge on any atom is -0.264 e. The van der Waals surface area contributed by atoms with Crippen LogP contribution in [0.5, 0.6) is 0 Å². The summed E-state index contributed by atoms with van der Waals surface area (Å²) in [6.45, 7) is 0.521. The first kappa shape index (κ1) is 15.7. The van der Waals surface area contributed by atoms with Crippen molar-refractivity contribution in [2.24, 2.45) is 0 Å². The Morgan fingerprint density at radius 3 is 2.54 bits per heavy atom. The second-order valence-corrected chi connectivity index (χ2v) is 5.74. The second-order valence-electron chi connectivity index (χ2n) is 5.74. The first-order valence-electron chi connectivity index (χ1n) is 8.10. The molecule has 0 atom stereocenters. The fourth-order valence-electron chi connectivity index (χ4n) is 2.71. The van der Waals surface area contributed by atoms with E-state index < -0.39 is 0 Å². The quantitative estimate of drug-likeness (QED) is 0.570. The number of hydrogen-bond donors (Lipinski definition) is 0. The largest absolute Gasteiger partial charge is 0.264 e. The lowest BCUT2D eigenvalue weighted by molar-refractivity contribution is 0.573. The van der Waals surface area contributed by atoms with Crippen LogP contribution in [0, 0.1) is 11.3 Å². The van der Waals surface area contributed by atoms with Gasteiger partial charge < -0.3 is 0 Å². The number of hydrogen-bond acceptors (Lipinski definition) is 5. The molecular formula is C20H14N6. The molecule has 6 nitrogen and oxygen atoms in total. The molecule has 2 aromatic carbocycles. The van der Waals surface area contributed by atoms with Crippen LogP contribution in [0.3, 0.4) is 0 Å². The molecule has 0 N–H and O–H groups in total. The van der Waals surface area contributed by atoms with Crippen molar-refractivity contribution < 1.29 is 0 Å². The van der Waals surface area contributed by atoms with Crippen LogP contribution < -0.4 is 0 Å². The van der Waals surface area contributed by atoms with E-state index in [0.29, 0.717) is 17.9 Å². The van der Waals surface area contributed by atoms with Crippen LogP contribution in [0.4, 0.5) is 0 Å². The van der Waals surface area contributed by atoms with Gasteiger partial charge in [-0.1, -0.05) is 42.5 Å². The first-order chi connectivity index (χ1) is 12.8. The average molecular weight is 338 g/mol. The number of benzene rings is 2. The molecule has 0 saturated heterocycles. The van der Waals surface area contributed by atoms with Crippen molar-refractivity contribution in [2.45, 2.75) is 6.54 Å². The zero-order valence-electron chi connectivity index (χ0n) is 13.8. The monoisotopic (exact) mass is 338 g/mol. The third-order valence-electron chi connectivity index (χ3n) is 4.01. The molecule has 4 rings (SSSR count). The fourth-order valence-corrected chi connectivity index (χ4v) is 2.71. The van der Waals surface area contributed by atoms with Crippen LogP contribution in [-0.2, 0) is 6.54 Å². The number of tetrazole rings is 1. The number of rotatable bonds is 4. The van der Waals surface area contributed by atoms with Gasteiger partial charge in [-0.25, -0.2) is 0 Å². The highest BCUT2D eigenvalue weighted by Gasteiger charge is 2.07. The van der Waals surface area contributed by atoms with Gasteiger partial charge in [0.25, 0.3) is 0 Å². The van der Waals surface area contributed by atoms with E-state index in [1.54, 1.807) is 17.2 Å². The lowest BCUT2D eigenvalue weighted by atomic mass is 9.99. The highest BCUT2D eigenvalue weighted by molar-refractivity contribution is 5.70. The molecule has 26 heavy (non-hydrogen) atoms. The summed E-state index contributed by atoms with van der Waals surface area (Å²) in [5.41, 5.74) is 4.49. The maximum Gasteiger partial charge on any atom is 0.206 e. The predicted molar refractivity (Wildman–Crippen MR) is 96.7 cm³/mol. The molecule has 0 aliphatic carbocycles. The van der Waals surface area contributed by atoms with Gasteiger partial charge in [0.1, 0.15) is 0 Å². The normalized spacial score (nSPS) is 10.4. The fraction of sp³-hybridized carbons (Fsp3) is 0.0500. The molecule has 0 spiro atoms. The highest BCUT2D eigenvalue weighted by Crippen LogP contribution is 2.23. The van der Waals surface area contributed by atoms with E-state index in [1.807, 2.05) is 60.7 Å². The zero-order chi connectivity index (χ0) is 17.8. The molecule has 2 heterocycles. The molecule has 2 aromatic heterocycles. The summed E-state index contributed by atoms with van der Waals surface area (Å²) in [5.74, 6) is 0.553. The Kier molecular flexibility index (Phi) is 4.19. The number of pyridine rings is 1. The van der Waals surface area contributed by atoms with Crippen molar-refractivity contribution in [3.05, 3.63) is 84.2 Å². The summed E-state index contributed by atoms with van der Waals surface area (Å²) in [7, 11) is 0. The molecule has 0 bridgehead atoms. The highest BCUT2D eigenvalue weighted by atomic mass is 15.6. The molecule has 0 aliphatic rings. The maximum atomic E-state index is 9.24. The topological polar surface area (TPSA) is 80.3 Å². The molecule has 0 saturated carbocycles. The molecule has 124 valence electrons. The van der Waals surface area contributed by atoms with Crippen LogP contribution in [0.1, 0.15) is 11.1 Å². The van der Waals surface area contributed by atoms with Crippen LogP contribution in [0.15, 0.2) is 73.1 Å². The van der Waals surface area contributed by atoms with Crippen LogP contribution in [0.25, 0.3) is 22.5 Å². The lowest BCUT2D eigenvalue weighted by Crippen LogP contribution is -2.04. The standard InChI is InChI=1S/C20H14N6/c21-12-17-4-1-2-6-19(17)16-9-7-15(8-10-16)14-26-24-20(23-25-26)18-5-3-11-22-13-18/h1-11,13H,14H2. The minimum atomic E-state index is 0.521. The maximum absolute atomic E-state index is 9.24. The molecule has 0 radical (unpaired) electrons. The summed E-state index contributed by atoms with van der Waals surface area (Å²) in [4.78, 5) is 5.62. The van der Waals surface area contributed by atoms with Gasteiger partial charge in [0, 0.05) is 18.0 Å². The van der Waals surface area contributed by atoms with Crippen molar-refractivity contribution >= 4 is 0 Å². The number of nitriles is 1. The Morgan fingerprint density at radius 1 is 0.923 bits per heavy atom. The van der Waals surface area contributed by atoms with Crippen LogP contribution in [-0.4, -0.2) is 25.2 Å². The van der Waals surface area contributed by atoms with E-state index in [0.717, 1.165) is 22.3 Å². The number of nitrogens with zero attached hydrogens (tertiary/aromatic N) is 6. The second kappa shape index (κ2) is 6.95. The van der Waals surface area contributed by atoms with Gasteiger partial charge in [-0.3, -0.25) is 4.98 Å². The third kappa shape index (κ3) is 3.19. The number of aromatic nitrogens is 5. The van der Waals surface area contributed by atoms with E-state index >= 15 is 0 Å². The summed E-state index contributed by atoms with van der Waals surface area (Å²) in [6, 6.07) is 21.6. The minimum absolute atomic E-state index is 0.521. The summed E-state index contributed by atoms with van der Waals surface area (Å²) in [6.07, 6.45) is 3.42. The van der Waals surface area contributed by atoms with Crippen LogP contribution in [0.2, 0.25) is 0 Å². The summed E-state index contributed by atoms with van der Waals surface area (Å²) >= 11 is 0. The zero-order valence-corrected chi connectivity index (χ0v) is 13.8. The van der Waals surface area contributed by atoms with Gasteiger partial charge in [-0.2, -0.15) is 10.1 Å². The summed E-state index contributed by atoms with van der Waals surface area (Å²) < 4.78 is 0. The van der Waals surface area contributed by atoms with Gasteiger partial charge in [-0.15, -0.1) is 10.2 Å². The molecular weight excluding hydrogens is 324 g/mol. The van der Waals surface area contributed by atoms with Gasteiger partial charge in [0.15, 0.2) is 0 Å². The molecule has 0 amide bonds. The molecule has 0 unspecified atom stereocenters.